The van der Waals surface area contributed by atoms with Gasteiger partial charge in [-0.2, -0.15) is 0 Å². The second-order valence-corrected chi connectivity index (χ2v) is 6.48. The molecule has 0 aliphatic carbocycles. The highest BCUT2D eigenvalue weighted by Gasteiger charge is 2.20. The third kappa shape index (κ3) is 3.22. The Bertz CT molecular complexity index is 848. The van der Waals surface area contributed by atoms with Crippen LogP contribution in [0.3, 0.4) is 0 Å². The van der Waals surface area contributed by atoms with Crippen LogP contribution in [0.5, 0.6) is 0 Å². The van der Waals surface area contributed by atoms with E-state index in [1.165, 1.54) is 34.1 Å². The molecule has 0 atom stereocenters. The first-order chi connectivity index (χ1) is 11.3. The van der Waals surface area contributed by atoms with Gasteiger partial charge in [-0.3, -0.25) is 4.98 Å². The van der Waals surface area contributed by atoms with E-state index in [1.807, 2.05) is 18.3 Å². The van der Waals surface area contributed by atoms with Crippen molar-refractivity contribution in [2.45, 2.75) is 19.3 Å². The molecule has 4 rings (SSSR count). The molecule has 0 saturated carbocycles. The standard InChI is InChI=1S/C20H19ClN2.ClH/c21-18-9-4-2-6-15(18)11-13-23-12-5-10-19-20(23)17-8-3-1-7-16(17)14-22-19;/h1-4,6-9,14H,5,10-13H2;1H. The summed E-state index contributed by atoms with van der Waals surface area (Å²) >= 11 is 6.31. The zero-order valence-electron chi connectivity index (χ0n) is 13.4. The van der Waals surface area contributed by atoms with Gasteiger partial charge in [-0.25, -0.2) is 0 Å². The minimum Gasteiger partial charge on any atom is -0.369 e. The van der Waals surface area contributed by atoms with Gasteiger partial charge in [0.15, 0.2) is 0 Å². The van der Waals surface area contributed by atoms with Crippen LogP contribution < -0.4 is 4.90 Å². The molecule has 1 aliphatic rings. The molecule has 0 radical (unpaired) electrons. The fraction of sp³-hybridized carbons (Fsp3) is 0.250. The largest absolute Gasteiger partial charge is 0.369 e. The van der Waals surface area contributed by atoms with Crippen molar-refractivity contribution in [3.8, 4) is 0 Å². The van der Waals surface area contributed by atoms with Gasteiger partial charge in [0.25, 0.3) is 0 Å². The molecule has 0 bridgehead atoms. The molecular weight excluding hydrogens is 339 g/mol. The van der Waals surface area contributed by atoms with Crippen molar-refractivity contribution in [3.05, 3.63) is 71.0 Å². The van der Waals surface area contributed by atoms with Crippen molar-refractivity contribution >= 4 is 40.5 Å². The van der Waals surface area contributed by atoms with Crippen molar-refractivity contribution in [1.82, 2.24) is 4.98 Å². The number of aromatic nitrogens is 1. The SMILES string of the molecule is Cl.Clc1ccccc1CCN1CCCc2ncc3ccccc3c21. The molecule has 124 valence electrons. The summed E-state index contributed by atoms with van der Waals surface area (Å²) in [4.78, 5) is 7.19. The molecule has 0 amide bonds. The summed E-state index contributed by atoms with van der Waals surface area (Å²) in [5, 5.41) is 3.40. The Kier molecular flexibility index (Phi) is 5.27. The van der Waals surface area contributed by atoms with Crippen LogP contribution in [0.4, 0.5) is 5.69 Å². The predicted octanol–water partition coefficient (Wildman–Crippen LogP) is 5.31. The van der Waals surface area contributed by atoms with Crippen LogP contribution in [0.1, 0.15) is 17.7 Å². The molecule has 0 fully saturated rings. The number of fused-ring (bicyclic) bond motifs is 3. The van der Waals surface area contributed by atoms with Crippen LogP contribution in [0.25, 0.3) is 10.8 Å². The zero-order valence-corrected chi connectivity index (χ0v) is 15.0. The number of anilines is 1. The van der Waals surface area contributed by atoms with Crippen LogP contribution in [-0.4, -0.2) is 18.1 Å². The summed E-state index contributed by atoms with van der Waals surface area (Å²) < 4.78 is 0. The highest BCUT2D eigenvalue weighted by molar-refractivity contribution is 6.31. The number of rotatable bonds is 3. The highest BCUT2D eigenvalue weighted by atomic mass is 35.5. The topological polar surface area (TPSA) is 16.1 Å². The van der Waals surface area contributed by atoms with Gasteiger partial charge in [-0.15, -0.1) is 12.4 Å². The van der Waals surface area contributed by atoms with Gasteiger partial charge in [-0.1, -0.05) is 54.1 Å². The number of benzene rings is 2. The molecule has 0 saturated heterocycles. The lowest BCUT2D eigenvalue weighted by molar-refractivity contribution is 0.678. The number of hydrogen-bond donors (Lipinski definition) is 0. The smallest absolute Gasteiger partial charge is 0.0665 e. The van der Waals surface area contributed by atoms with Gasteiger partial charge < -0.3 is 4.90 Å². The maximum atomic E-state index is 6.31. The second-order valence-electron chi connectivity index (χ2n) is 6.07. The number of pyridine rings is 1. The van der Waals surface area contributed by atoms with Crippen molar-refractivity contribution in [1.29, 1.82) is 0 Å². The third-order valence-corrected chi connectivity index (χ3v) is 4.98. The van der Waals surface area contributed by atoms with E-state index in [9.17, 15) is 0 Å². The fourth-order valence-electron chi connectivity index (χ4n) is 3.45. The van der Waals surface area contributed by atoms with Crippen molar-refractivity contribution in [2.75, 3.05) is 18.0 Å². The number of halogens is 2. The first-order valence-corrected chi connectivity index (χ1v) is 8.56. The monoisotopic (exact) mass is 358 g/mol. The molecule has 1 aliphatic heterocycles. The van der Waals surface area contributed by atoms with E-state index in [0.717, 1.165) is 31.0 Å². The van der Waals surface area contributed by atoms with Crippen LogP contribution in [0.2, 0.25) is 5.02 Å². The third-order valence-electron chi connectivity index (χ3n) is 4.62. The Balaban J connectivity index is 0.00000169. The molecule has 2 aromatic carbocycles. The summed E-state index contributed by atoms with van der Waals surface area (Å²) in [5.74, 6) is 0. The molecule has 0 unspecified atom stereocenters. The molecule has 2 heterocycles. The number of aryl methyl sites for hydroxylation is 1. The summed E-state index contributed by atoms with van der Waals surface area (Å²) in [7, 11) is 0. The normalized spacial score (nSPS) is 13.5. The molecule has 0 N–H and O–H groups in total. The Morgan fingerprint density at radius 1 is 1.04 bits per heavy atom. The summed E-state index contributed by atoms with van der Waals surface area (Å²) in [6.07, 6.45) is 5.21. The van der Waals surface area contributed by atoms with Crippen LogP contribution >= 0.6 is 24.0 Å². The van der Waals surface area contributed by atoms with E-state index in [4.69, 9.17) is 16.6 Å². The summed E-state index contributed by atoms with van der Waals surface area (Å²) in [6.45, 7) is 2.07. The summed E-state index contributed by atoms with van der Waals surface area (Å²) in [5.41, 5.74) is 3.77. The lowest BCUT2D eigenvalue weighted by Gasteiger charge is -2.32. The van der Waals surface area contributed by atoms with E-state index in [2.05, 4.69) is 41.3 Å². The Morgan fingerprint density at radius 2 is 1.83 bits per heavy atom. The first-order valence-electron chi connectivity index (χ1n) is 8.18. The van der Waals surface area contributed by atoms with Crippen LogP contribution in [-0.2, 0) is 12.8 Å². The minimum atomic E-state index is 0. The molecular formula is C20H20Cl2N2. The van der Waals surface area contributed by atoms with Gasteiger partial charge in [0.1, 0.15) is 0 Å². The van der Waals surface area contributed by atoms with Gasteiger partial charge in [0.05, 0.1) is 11.4 Å². The van der Waals surface area contributed by atoms with E-state index in [0.29, 0.717) is 0 Å². The molecule has 1 aromatic heterocycles. The highest BCUT2D eigenvalue weighted by Crippen LogP contribution is 2.33. The second kappa shape index (κ2) is 7.42. The van der Waals surface area contributed by atoms with E-state index < -0.39 is 0 Å². The average molecular weight is 359 g/mol. The predicted molar refractivity (Wildman–Crippen MR) is 105 cm³/mol. The van der Waals surface area contributed by atoms with Crippen molar-refractivity contribution < 1.29 is 0 Å². The fourth-order valence-corrected chi connectivity index (χ4v) is 3.68. The number of nitrogens with zero attached hydrogens (tertiary/aromatic N) is 2. The Morgan fingerprint density at radius 3 is 2.71 bits per heavy atom. The lowest BCUT2D eigenvalue weighted by atomic mass is 10.0. The Hall–Kier alpha value is -1.77. The van der Waals surface area contributed by atoms with E-state index >= 15 is 0 Å². The number of hydrogen-bond acceptors (Lipinski definition) is 2. The van der Waals surface area contributed by atoms with Gasteiger partial charge in [0, 0.05) is 35.1 Å². The van der Waals surface area contributed by atoms with E-state index in [-0.39, 0.29) is 12.4 Å². The Labute approximate surface area is 153 Å². The van der Waals surface area contributed by atoms with Crippen LogP contribution in [0.15, 0.2) is 54.7 Å². The van der Waals surface area contributed by atoms with Gasteiger partial charge in [0.2, 0.25) is 0 Å². The molecule has 4 heteroatoms. The van der Waals surface area contributed by atoms with Crippen molar-refractivity contribution in [2.24, 2.45) is 0 Å². The maximum absolute atomic E-state index is 6.31. The molecule has 2 nitrogen and oxygen atoms in total. The van der Waals surface area contributed by atoms with Gasteiger partial charge in [-0.05, 0) is 30.9 Å². The minimum absolute atomic E-state index is 0. The first kappa shape index (κ1) is 17.1. The molecule has 24 heavy (non-hydrogen) atoms. The molecule has 3 aromatic rings. The van der Waals surface area contributed by atoms with Crippen molar-refractivity contribution in [3.63, 3.8) is 0 Å². The van der Waals surface area contributed by atoms with Crippen LogP contribution in [0, 0.1) is 0 Å². The maximum Gasteiger partial charge on any atom is 0.0665 e. The van der Waals surface area contributed by atoms with Gasteiger partial charge >= 0.3 is 0 Å². The van der Waals surface area contributed by atoms with E-state index in [1.54, 1.807) is 0 Å². The zero-order chi connectivity index (χ0) is 15.6. The summed E-state index contributed by atoms with van der Waals surface area (Å²) in [6, 6.07) is 16.7. The average Bonchev–Trinajstić information content (AvgIpc) is 2.60. The molecule has 0 spiro atoms. The quantitative estimate of drug-likeness (QED) is 0.630. The lowest BCUT2D eigenvalue weighted by Crippen LogP contribution is -2.32.